The predicted octanol–water partition coefficient (Wildman–Crippen LogP) is 3.11. The third-order valence-corrected chi connectivity index (χ3v) is 4.47. The van der Waals surface area contributed by atoms with Crippen LogP contribution in [0.15, 0.2) is 22.7 Å². The zero-order valence-corrected chi connectivity index (χ0v) is 12.8. The average molecular weight is 339 g/mol. The minimum atomic E-state index is -0.215. The summed E-state index contributed by atoms with van der Waals surface area (Å²) in [5, 5.41) is 11.8. The molecule has 2 heterocycles. The lowest BCUT2D eigenvalue weighted by Crippen LogP contribution is -2.28. The molecule has 0 spiro atoms. The van der Waals surface area contributed by atoms with Crippen LogP contribution in [0.3, 0.4) is 0 Å². The van der Waals surface area contributed by atoms with Gasteiger partial charge in [0.15, 0.2) is 0 Å². The summed E-state index contributed by atoms with van der Waals surface area (Å²) in [7, 11) is 0. The van der Waals surface area contributed by atoms with Gasteiger partial charge in [-0.15, -0.1) is 10.2 Å². The molecule has 0 saturated heterocycles. The lowest BCUT2D eigenvalue weighted by molar-refractivity contribution is 0.381. The molecule has 4 nitrogen and oxygen atoms in total. The fourth-order valence-corrected chi connectivity index (χ4v) is 3.01. The number of benzene rings is 1. The summed E-state index contributed by atoms with van der Waals surface area (Å²) >= 11 is 3.45. The average Bonchev–Trinajstić information content (AvgIpc) is 2.82. The number of nitrogens with zero attached hydrogens (tertiary/aromatic N) is 3. The molecular weight excluding hydrogens is 323 g/mol. The number of hydrogen-bond donors (Lipinski definition) is 1. The van der Waals surface area contributed by atoms with E-state index in [1.54, 1.807) is 12.1 Å². The molecule has 1 aliphatic rings. The van der Waals surface area contributed by atoms with Gasteiger partial charge in [-0.25, -0.2) is 4.39 Å². The quantitative estimate of drug-likeness (QED) is 0.934. The maximum absolute atomic E-state index is 13.3. The highest BCUT2D eigenvalue weighted by Gasteiger charge is 2.23. The van der Waals surface area contributed by atoms with E-state index in [0.29, 0.717) is 6.54 Å². The molecule has 0 bridgehead atoms. The molecule has 106 valence electrons. The van der Waals surface area contributed by atoms with Crippen LogP contribution in [0.2, 0.25) is 0 Å². The van der Waals surface area contributed by atoms with Crippen molar-refractivity contribution in [3.05, 3.63) is 45.7 Å². The molecule has 2 aromatic rings. The van der Waals surface area contributed by atoms with E-state index in [1.165, 1.54) is 6.07 Å². The fraction of sp³-hybridized carbons (Fsp3) is 0.429. The highest BCUT2D eigenvalue weighted by Crippen LogP contribution is 2.25. The number of aryl methyl sites for hydroxylation is 1. The number of nitrogens with one attached hydrogen (secondary N) is 1. The number of rotatable bonds is 3. The van der Waals surface area contributed by atoms with E-state index in [0.717, 1.165) is 41.1 Å². The predicted molar refractivity (Wildman–Crippen MR) is 77.7 cm³/mol. The van der Waals surface area contributed by atoms with Crippen molar-refractivity contribution in [2.75, 3.05) is 0 Å². The highest BCUT2D eigenvalue weighted by atomic mass is 79.9. The number of fused-ring (bicyclic) bond motifs is 1. The van der Waals surface area contributed by atoms with Gasteiger partial charge in [0.25, 0.3) is 0 Å². The number of hydrogen-bond acceptors (Lipinski definition) is 3. The largest absolute Gasteiger partial charge is 0.314 e. The van der Waals surface area contributed by atoms with Crippen molar-refractivity contribution in [3.8, 4) is 0 Å². The van der Waals surface area contributed by atoms with Crippen molar-refractivity contribution in [3.63, 3.8) is 0 Å². The van der Waals surface area contributed by atoms with Gasteiger partial charge in [-0.05, 0) is 43.5 Å². The van der Waals surface area contributed by atoms with Crippen LogP contribution in [0.1, 0.15) is 36.1 Å². The molecule has 0 fully saturated rings. The Hall–Kier alpha value is -1.27. The van der Waals surface area contributed by atoms with Crippen LogP contribution in [-0.2, 0) is 13.1 Å². The summed E-state index contributed by atoms with van der Waals surface area (Å²) in [6, 6.07) is 4.92. The fourth-order valence-electron chi connectivity index (χ4n) is 2.62. The highest BCUT2D eigenvalue weighted by molar-refractivity contribution is 9.10. The lowest BCUT2D eigenvalue weighted by Gasteiger charge is -2.24. The Morgan fingerprint density at radius 3 is 3.15 bits per heavy atom. The van der Waals surface area contributed by atoms with Gasteiger partial charge in [-0.2, -0.15) is 0 Å². The first-order valence-electron chi connectivity index (χ1n) is 6.72. The molecule has 1 aliphatic heterocycles. The topological polar surface area (TPSA) is 42.7 Å². The zero-order chi connectivity index (χ0) is 14.1. The molecule has 6 heteroatoms. The van der Waals surface area contributed by atoms with E-state index in [4.69, 9.17) is 0 Å². The minimum absolute atomic E-state index is 0.181. The molecule has 3 rings (SSSR count). The van der Waals surface area contributed by atoms with Gasteiger partial charge < -0.3 is 9.88 Å². The summed E-state index contributed by atoms with van der Waals surface area (Å²) in [4.78, 5) is 0. The van der Waals surface area contributed by atoms with Gasteiger partial charge in [-0.1, -0.05) is 15.9 Å². The monoisotopic (exact) mass is 338 g/mol. The molecule has 0 saturated carbocycles. The number of aromatic nitrogens is 3. The minimum Gasteiger partial charge on any atom is -0.314 e. The van der Waals surface area contributed by atoms with E-state index in [-0.39, 0.29) is 11.9 Å². The van der Waals surface area contributed by atoms with Crippen LogP contribution in [-0.4, -0.2) is 14.8 Å². The van der Waals surface area contributed by atoms with Gasteiger partial charge in [0.2, 0.25) is 0 Å². The summed E-state index contributed by atoms with van der Waals surface area (Å²) < 4.78 is 16.4. The van der Waals surface area contributed by atoms with Crippen molar-refractivity contribution in [2.45, 2.75) is 38.9 Å². The van der Waals surface area contributed by atoms with Crippen LogP contribution >= 0.6 is 15.9 Å². The van der Waals surface area contributed by atoms with Gasteiger partial charge >= 0.3 is 0 Å². The van der Waals surface area contributed by atoms with Crippen LogP contribution in [0.4, 0.5) is 4.39 Å². The van der Waals surface area contributed by atoms with Crippen LogP contribution in [0.5, 0.6) is 0 Å². The van der Waals surface area contributed by atoms with E-state index in [9.17, 15) is 4.39 Å². The molecule has 1 aromatic carbocycles. The summed E-state index contributed by atoms with van der Waals surface area (Å²) in [5.74, 6) is 1.73. The molecule has 1 aromatic heterocycles. The lowest BCUT2D eigenvalue weighted by atomic mass is 10.1. The number of halogens is 2. The first-order valence-corrected chi connectivity index (χ1v) is 7.51. The van der Waals surface area contributed by atoms with Crippen molar-refractivity contribution in [1.29, 1.82) is 0 Å². The maximum atomic E-state index is 13.3. The molecule has 1 unspecified atom stereocenters. The van der Waals surface area contributed by atoms with E-state index in [1.807, 2.05) is 6.92 Å². The maximum Gasteiger partial charge on any atom is 0.150 e. The second-order valence-corrected chi connectivity index (χ2v) is 5.92. The van der Waals surface area contributed by atoms with Gasteiger partial charge in [0, 0.05) is 17.6 Å². The molecule has 0 aliphatic carbocycles. The zero-order valence-electron chi connectivity index (χ0n) is 11.2. The Labute approximate surface area is 125 Å². The standard InChI is InChI=1S/C14H16BrFN4/c1-9-18-19-14-13(3-2-6-20(9)14)17-8-10-7-11(16)4-5-12(10)15/h4-5,7,13,17H,2-3,6,8H2,1H3. The first-order chi connectivity index (χ1) is 9.65. The summed E-state index contributed by atoms with van der Waals surface area (Å²) in [6.45, 7) is 3.56. The van der Waals surface area contributed by atoms with Gasteiger partial charge in [0.1, 0.15) is 17.5 Å². The van der Waals surface area contributed by atoms with Crippen LogP contribution < -0.4 is 5.32 Å². The van der Waals surface area contributed by atoms with Gasteiger partial charge in [-0.3, -0.25) is 0 Å². The molecule has 1 atom stereocenters. The molecule has 1 N–H and O–H groups in total. The van der Waals surface area contributed by atoms with Crippen molar-refractivity contribution in [2.24, 2.45) is 0 Å². The Kier molecular flexibility index (Phi) is 3.85. The second-order valence-electron chi connectivity index (χ2n) is 5.07. The van der Waals surface area contributed by atoms with E-state index in [2.05, 4.69) is 36.0 Å². The van der Waals surface area contributed by atoms with E-state index < -0.39 is 0 Å². The summed E-state index contributed by atoms with van der Waals surface area (Å²) in [5.41, 5.74) is 0.915. The third-order valence-electron chi connectivity index (χ3n) is 3.70. The van der Waals surface area contributed by atoms with Gasteiger partial charge in [0.05, 0.1) is 6.04 Å². The van der Waals surface area contributed by atoms with Crippen molar-refractivity contribution < 1.29 is 4.39 Å². The normalized spacial score (nSPS) is 18.1. The Morgan fingerprint density at radius 1 is 1.45 bits per heavy atom. The van der Waals surface area contributed by atoms with Crippen molar-refractivity contribution in [1.82, 2.24) is 20.1 Å². The Bertz CT molecular complexity index is 626. The second kappa shape index (κ2) is 5.61. The first kappa shape index (κ1) is 13.7. The smallest absolute Gasteiger partial charge is 0.150 e. The third kappa shape index (κ3) is 2.62. The summed E-state index contributed by atoms with van der Waals surface area (Å²) in [6.07, 6.45) is 2.14. The molecule has 20 heavy (non-hydrogen) atoms. The molecule has 0 amide bonds. The van der Waals surface area contributed by atoms with E-state index >= 15 is 0 Å². The van der Waals surface area contributed by atoms with Crippen LogP contribution in [0.25, 0.3) is 0 Å². The van der Waals surface area contributed by atoms with Crippen molar-refractivity contribution >= 4 is 15.9 Å². The van der Waals surface area contributed by atoms with Crippen LogP contribution in [0, 0.1) is 12.7 Å². The molecule has 0 radical (unpaired) electrons. The SMILES string of the molecule is Cc1nnc2n1CCCC2NCc1cc(F)ccc1Br. The Morgan fingerprint density at radius 2 is 2.30 bits per heavy atom. The molecular formula is C14H16BrFN4. The Balaban J connectivity index is 1.75.